The Morgan fingerprint density at radius 2 is 1.48 bits per heavy atom. The predicted octanol–water partition coefficient (Wildman–Crippen LogP) is 5.75. The number of para-hydroxylation sites is 1. The number of sulfone groups is 1. The molecule has 0 radical (unpaired) electrons. The van der Waals surface area contributed by atoms with Crippen molar-refractivity contribution < 1.29 is 8.42 Å². The van der Waals surface area contributed by atoms with Crippen LogP contribution in [0, 0.1) is 6.92 Å². The van der Waals surface area contributed by atoms with Crippen molar-refractivity contribution in [1.29, 1.82) is 0 Å². The third kappa shape index (κ3) is 3.01. The summed E-state index contributed by atoms with van der Waals surface area (Å²) in [6.45, 7) is 1.95. The van der Waals surface area contributed by atoms with E-state index in [0.717, 1.165) is 26.5 Å². The highest BCUT2D eigenvalue weighted by Gasteiger charge is 2.28. The van der Waals surface area contributed by atoms with Crippen LogP contribution in [0.3, 0.4) is 0 Å². The molecule has 0 aliphatic rings. The van der Waals surface area contributed by atoms with Gasteiger partial charge in [-0.3, -0.25) is 0 Å². The normalized spacial score (nSPS) is 11.8. The second-order valence-electron chi connectivity index (χ2n) is 6.58. The summed E-state index contributed by atoms with van der Waals surface area (Å²) in [4.78, 5) is 0.662. The summed E-state index contributed by atoms with van der Waals surface area (Å²) in [6.07, 6.45) is 0. The first kappa shape index (κ1) is 18.0. The zero-order chi connectivity index (χ0) is 19.2. The van der Waals surface area contributed by atoms with E-state index in [0.29, 0.717) is 15.5 Å². The average Bonchev–Trinajstić information content (AvgIpc) is 2.96. The van der Waals surface area contributed by atoms with Gasteiger partial charge in [-0.1, -0.05) is 64.0 Å². The summed E-state index contributed by atoms with van der Waals surface area (Å²) in [6, 6.07) is 22.4. The number of nitrogens with zero attached hydrogens (tertiary/aromatic N) is 1. The van der Waals surface area contributed by atoms with Crippen molar-refractivity contribution in [2.24, 2.45) is 7.05 Å². The fourth-order valence-corrected chi connectivity index (χ4v) is 5.36. The Kier molecular flexibility index (Phi) is 4.44. The maximum Gasteiger partial charge on any atom is 0.209 e. The second kappa shape index (κ2) is 6.66. The zero-order valence-corrected chi connectivity index (χ0v) is 17.4. The van der Waals surface area contributed by atoms with Gasteiger partial charge in [0.1, 0.15) is 4.90 Å². The Hall–Kier alpha value is -2.37. The third-order valence-corrected chi connectivity index (χ3v) is 7.15. The number of aryl methyl sites for hydroxylation is 2. The number of halogens is 1. The van der Waals surface area contributed by atoms with Crippen LogP contribution in [0.4, 0.5) is 0 Å². The minimum absolute atomic E-state index is 0.308. The standard InChI is InChI=1S/C22H18BrNO2S/c1-15-7-13-18(14-8-15)27(25,26)22-19-5-3-4-6-20(19)24(2)21(22)16-9-11-17(23)12-10-16/h3-14H,1-2H3. The molecule has 5 heteroatoms. The number of aromatic nitrogens is 1. The molecule has 27 heavy (non-hydrogen) atoms. The smallest absolute Gasteiger partial charge is 0.209 e. The molecule has 0 N–H and O–H groups in total. The second-order valence-corrected chi connectivity index (χ2v) is 9.38. The van der Waals surface area contributed by atoms with Crippen molar-refractivity contribution in [3.63, 3.8) is 0 Å². The maximum absolute atomic E-state index is 13.6. The molecule has 3 nitrogen and oxygen atoms in total. The van der Waals surface area contributed by atoms with E-state index < -0.39 is 9.84 Å². The summed E-state index contributed by atoms with van der Waals surface area (Å²) in [5.74, 6) is 0. The van der Waals surface area contributed by atoms with E-state index in [2.05, 4.69) is 15.9 Å². The van der Waals surface area contributed by atoms with Crippen LogP contribution in [0.25, 0.3) is 22.2 Å². The molecular formula is C22H18BrNO2S. The van der Waals surface area contributed by atoms with Gasteiger partial charge < -0.3 is 4.57 Å². The van der Waals surface area contributed by atoms with Crippen molar-refractivity contribution in [3.05, 3.63) is 82.8 Å². The van der Waals surface area contributed by atoms with E-state index in [9.17, 15) is 8.42 Å². The van der Waals surface area contributed by atoms with Crippen LogP contribution in [0.2, 0.25) is 0 Å². The Morgan fingerprint density at radius 3 is 2.15 bits per heavy atom. The van der Waals surface area contributed by atoms with Gasteiger partial charge in [-0.25, -0.2) is 8.42 Å². The Balaban J connectivity index is 2.09. The van der Waals surface area contributed by atoms with Gasteiger partial charge in [0.2, 0.25) is 9.84 Å². The molecule has 0 fully saturated rings. The number of hydrogen-bond acceptors (Lipinski definition) is 2. The molecule has 1 aromatic heterocycles. The molecule has 4 rings (SSSR count). The highest BCUT2D eigenvalue weighted by molar-refractivity contribution is 9.10. The van der Waals surface area contributed by atoms with Gasteiger partial charge in [-0.05, 0) is 42.8 Å². The molecule has 0 saturated heterocycles. The van der Waals surface area contributed by atoms with Crippen LogP contribution in [-0.4, -0.2) is 13.0 Å². The lowest BCUT2D eigenvalue weighted by molar-refractivity contribution is 0.597. The van der Waals surface area contributed by atoms with Crippen molar-refractivity contribution in [2.45, 2.75) is 16.7 Å². The summed E-state index contributed by atoms with van der Waals surface area (Å²) in [7, 11) is -1.77. The highest BCUT2D eigenvalue weighted by Crippen LogP contribution is 2.39. The number of hydrogen-bond donors (Lipinski definition) is 0. The third-order valence-electron chi connectivity index (χ3n) is 4.78. The number of benzene rings is 3. The van der Waals surface area contributed by atoms with Crippen LogP contribution in [0.15, 0.2) is 87.1 Å². The molecule has 0 amide bonds. The molecule has 0 unspecified atom stereocenters. The number of fused-ring (bicyclic) bond motifs is 1. The van der Waals surface area contributed by atoms with Crippen molar-refractivity contribution in [3.8, 4) is 11.3 Å². The fourth-order valence-electron chi connectivity index (χ4n) is 3.40. The Labute approximate surface area is 167 Å². The van der Waals surface area contributed by atoms with Crippen molar-refractivity contribution in [2.75, 3.05) is 0 Å². The molecular weight excluding hydrogens is 422 g/mol. The summed E-state index contributed by atoms with van der Waals surface area (Å²) in [5.41, 5.74) is 3.48. The van der Waals surface area contributed by atoms with Crippen LogP contribution in [-0.2, 0) is 16.9 Å². The lowest BCUT2D eigenvalue weighted by Crippen LogP contribution is -2.04. The minimum atomic E-state index is -3.68. The van der Waals surface area contributed by atoms with E-state index in [1.54, 1.807) is 12.1 Å². The average molecular weight is 440 g/mol. The molecule has 136 valence electrons. The lowest BCUT2D eigenvalue weighted by Gasteiger charge is -2.10. The quantitative estimate of drug-likeness (QED) is 0.407. The van der Waals surface area contributed by atoms with Crippen molar-refractivity contribution >= 4 is 36.7 Å². The molecule has 4 aromatic rings. The molecule has 0 bridgehead atoms. The van der Waals surface area contributed by atoms with Gasteiger partial charge in [-0.15, -0.1) is 0 Å². The fraction of sp³-hybridized carbons (Fsp3) is 0.0909. The summed E-state index contributed by atoms with van der Waals surface area (Å²) in [5, 5.41) is 0.735. The Bertz CT molecular complexity index is 1240. The maximum atomic E-state index is 13.6. The van der Waals surface area contributed by atoms with Gasteiger partial charge in [0.15, 0.2) is 0 Å². The number of rotatable bonds is 3. The predicted molar refractivity (Wildman–Crippen MR) is 113 cm³/mol. The zero-order valence-electron chi connectivity index (χ0n) is 15.0. The first-order valence-electron chi connectivity index (χ1n) is 8.55. The largest absolute Gasteiger partial charge is 0.343 e. The highest BCUT2D eigenvalue weighted by atomic mass is 79.9. The molecule has 3 aromatic carbocycles. The van der Waals surface area contributed by atoms with E-state index in [4.69, 9.17) is 0 Å². The Morgan fingerprint density at radius 1 is 0.852 bits per heavy atom. The van der Waals surface area contributed by atoms with E-state index >= 15 is 0 Å². The van der Waals surface area contributed by atoms with Gasteiger partial charge in [-0.2, -0.15) is 0 Å². The van der Waals surface area contributed by atoms with Crippen LogP contribution in [0.5, 0.6) is 0 Å². The summed E-state index contributed by atoms with van der Waals surface area (Å²) >= 11 is 3.45. The first-order valence-corrected chi connectivity index (χ1v) is 10.8. The molecule has 1 heterocycles. The lowest BCUT2D eigenvalue weighted by atomic mass is 10.1. The first-order chi connectivity index (χ1) is 12.9. The van der Waals surface area contributed by atoms with E-state index in [1.165, 1.54) is 0 Å². The van der Waals surface area contributed by atoms with E-state index in [1.807, 2.05) is 79.2 Å². The monoisotopic (exact) mass is 439 g/mol. The van der Waals surface area contributed by atoms with Crippen LogP contribution < -0.4 is 0 Å². The van der Waals surface area contributed by atoms with Crippen molar-refractivity contribution in [1.82, 2.24) is 4.57 Å². The van der Waals surface area contributed by atoms with E-state index in [-0.39, 0.29) is 0 Å². The topological polar surface area (TPSA) is 39.1 Å². The summed E-state index contributed by atoms with van der Waals surface area (Å²) < 4.78 is 30.1. The van der Waals surface area contributed by atoms with Crippen LogP contribution >= 0.6 is 15.9 Å². The van der Waals surface area contributed by atoms with Gasteiger partial charge in [0, 0.05) is 22.4 Å². The molecule has 0 aliphatic carbocycles. The molecule has 0 spiro atoms. The minimum Gasteiger partial charge on any atom is -0.343 e. The van der Waals surface area contributed by atoms with Gasteiger partial charge in [0.25, 0.3) is 0 Å². The van der Waals surface area contributed by atoms with Gasteiger partial charge in [0.05, 0.1) is 10.6 Å². The molecule has 0 saturated carbocycles. The molecule has 0 aliphatic heterocycles. The molecule has 0 atom stereocenters. The van der Waals surface area contributed by atoms with Crippen LogP contribution in [0.1, 0.15) is 5.56 Å². The van der Waals surface area contributed by atoms with Gasteiger partial charge >= 0.3 is 0 Å². The SMILES string of the molecule is Cc1ccc(S(=O)(=O)c2c(-c3ccc(Br)cc3)n(C)c3ccccc23)cc1.